The molecule has 2 amide bonds. The van der Waals surface area contributed by atoms with Crippen molar-refractivity contribution in [2.24, 2.45) is 0 Å². The first kappa shape index (κ1) is 15.5. The summed E-state index contributed by atoms with van der Waals surface area (Å²) in [4.78, 5) is 28.2. The molecule has 2 heterocycles. The molecule has 3 rings (SSSR count). The van der Waals surface area contributed by atoms with Crippen LogP contribution in [-0.4, -0.2) is 26.1 Å². The Bertz CT molecular complexity index is 812. The van der Waals surface area contributed by atoms with Gasteiger partial charge in [-0.05, 0) is 49.0 Å². The van der Waals surface area contributed by atoms with Crippen molar-refractivity contribution in [3.8, 4) is 0 Å². The molecule has 0 aliphatic carbocycles. The number of hydrogen-bond acceptors (Lipinski definition) is 4. The van der Waals surface area contributed by atoms with Gasteiger partial charge in [-0.15, -0.1) is 0 Å². The minimum atomic E-state index is -0.361. The molecule has 2 N–H and O–H groups in total. The Morgan fingerprint density at radius 2 is 2.09 bits per heavy atom. The molecule has 0 atom stereocenters. The van der Waals surface area contributed by atoms with Gasteiger partial charge in [0.25, 0.3) is 11.8 Å². The summed E-state index contributed by atoms with van der Waals surface area (Å²) in [6, 6.07) is 10.9. The zero-order chi connectivity index (χ0) is 16.4. The van der Waals surface area contributed by atoms with E-state index in [2.05, 4.69) is 10.4 Å². The zero-order valence-corrected chi connectivity index (χ0v) is 13.8. The van der Waals surface area contributed by atoms with Gasteiger partial charge in [0, 0.05) is 17.5 Å². The van der Waals surface area contributed by atoms with Gasteiger partial charge >= 0.3 is 0 Å². The number of rotatable bonds is 3. The Morgan fingerprint density at radius 1 is 1.30 bits per heavy atom. The average molecular weight is 343 g/mol. The van der Waals surface area contributed by atoms with E-state index in [-0.39, 0.29) is 11.8 Å². The number of hydrogen-bond donors (Lipinski definition) is 2. The first-order chi connectivity index (χ1) is 11.1. The number of nitrogens with one attached hydrogen (secondary N) is 2. The van der Waals surface area contributed by atoms with Crippen LogP contribution in [0.2, 0.25) is 0 Å². The molecule has 1 aliphatic rings. The Labute approximate surface area is 142 Å². The zero-order valence-electron chi connectivity index (χ0n) is 12.2. The van der Waals surface area contributed by atoms with Gasteiger partial charge < -0.3 is 4.98 Å². The van der Waals surface area contributed by atoms with E-state index >= 15 is 0 Å². The summed E-state index contributed by atoms with van der Waals surface area (Å²) < 4.78 is 0.301. The third-order valence-electron chi connectivity index (χ3n) is 3.31. The largest absolute Gasteiger partial charge is 0.362 e. The molecule has 0 spiro atoms. The van der Waals surface area contributed by atoms with Gasteiger partial charge in [0.05, 0.1) is 4.91 Å². The molecular formula is C16H13N3O2S2. The molecule has 0 radical (unpaired) electrons. The van der Waals surface area contributed by atoms with Crippen LogP contribution in [0.4, 0.5) is 0 Å². The fourth-order valence-electron chi connectivity index (χ4n) is 2.13. The summed E-state index contributed by atoms with van der Waals surface area (Å²) in [5, 5.41) is 1.11. The van der Waals surface area contributed by atoms with Crippen molar-refractivity contribution in [1.29, 1.82) is 0 Å². The van der Waals surface area contributed by atoms with Crippen LogP contribution in [0.25, 0.3) is 6.08 Å². The second-order valence-corrected chi connectivity index (χ2v) is 6.57. The molecule has 116 valence electrons. The van der Waals surface area contributed by atoms with Gasteiger partial charge in [-0.1, -0.05) is 30.0 Å². The molecule has 1 aliphatic heterocycles. The number of thioether (sulfide) groups is 1. The molecule has 1 aromatic carbocycles. The van der Waals surface area contributed by atoms with Crippen LogP contribution in [0.5, 0.6) is 0 Å². The molecule has 0 saturated carbocycles. The summed E-state index contributed by atoms with van der Waals surface area (Å²) >= 11 is 6.35. The van der Waals surface area contributed by atoms with Crippen molar-refractivity contribution in [1.82, 2.24) is 15.4 Å². The van der Waals surface area contributed by atoms with Gasteiger partial charge in [0.1, 0.15) is 0 Å². The summed E-state index contributed by atoms with van der Waals surface area (Å²) in [6.45, 7) is 1.84. The quantitative estimate of drug-likeness (QED) is 0.664. The first-order valence-corrected chi connectivity index (χ1v) is 8.06. The maximum absolute atomic E-state index is 12.4. The normalized spacial score (nSPS) is 16.2. The van der Waals surface area contributed by atoms with E-state index in [1.54, 1.807) is 24.4 Å². The number of thiocarbonyl (C=S) groups is 1. The fourth-order valence-corrected chi connectivity index (χ4v) is 3.30. The molecule has 1 saturated heterocycles. The SMILES string of the molecule is Cc1ccccc1C(=O)NN1C(=O)/C(=C\c2ccc[nH]2)SC1=S. The van der Waals surface area contributed by atoms with Crippen LogP contribution < -0.4 is 5.43 Å². The summed E-state index contributed by atoms with van der Waals surface area (Å²) in [5.41, 5.74) is 4.72. The van der Waals surface area contributed by atoms with Crippen molar-refractivity contribution in [2.75, 3.05) is 0 Å². The lowest BCUT2D eigenvalue weighted by Gasteiger charge is -2.16. The lowest BCUT2D eigenvalue weighted by molar-refractivity contribution is -0.123. The van der Waals surface area contributed by atoms with Gasteiger partial charge in [-0.2, -0.15) is 5.01 Å². The third kappa shape index (κ3) is 3.20. The number of carbonyl (C=O) groups is 2. The smallest absolute Gasteiger partial charge is 0.285 e. The fraction of sp³-hybridized carbons (Fsp3) is 0.0625. The van der Waals surface area contributed by atoms with E-state index in [9.17, 15) is 9.59 Å². The molecule has 1 fully saturated rings. The number of amides is 2. The summed E-state index contributed by atoms with van der Waals surface area (Å²) in [7, 11) is 0. The number of benzene rings is 1. The molecule has 23 heavy (non-hydrogen) atoms. The predicted molar refractivity (Wildman–Crippen MR) is 94.4 cm³/mol. The van der Waals surface area contributed by atoms with Gasteiger partial charge in [-0.3, -0.25) is 15.0 Å². The van der Waals surface area contributed by atoms with Crippen LogP contribution >= 0.6 is 24.0 Å². The number of carbonyl (C=O) groups excluding carboxylic acids is 2. The van der Waals surface area contributed by atoms with Crippen LogP contribution in [0, 0.1) is 6.92 Å². The van der Waals surface area contributed by atoms with E-state index < -0.39 is 0 Å². The van der Waals surface area contributed by atoms with E-state index in [0.717, 1.165) is 28.0 Å². The highest BCUT2D eigenvalue weighted by Crippen LogP contribution is 2.31. The van der Waals surface area contributed by atoms with Crippen LogP contribution in [-0.2, 0) is 4.79 Å². The summed E-state index contributed by atoms with van der Waals surface area (Å²) in [6.07, 6.45) is 3.48. The number of aromatic nitrogens is 1. The van der Waals surface area contributed by atoms with E-state index in [4.69, 9.17) is 12.2 Å². The molecule has 1 aromatic heterocycles. The average Bonchev–Trinajstić information content (AvgIpc) is 3.12. The molecule has 0 unspecified atom stereocenters. The topological polar surface area (TPSA) is 65.2 Å². The molecule has 5 nitrogen and oxygen atoms in total. The number of nitrogens with zero attached hydrogens (tertiary/aromatic N) is 1. The van der Waals surface area contributed by atoms with Gasteiger partial charge in [-0.25, -0.2) is 0 Å². The van der Waals surface area contributed by atoms with Crippen LogP contribution in [0.1, 0.15) is 21.6 Å². The van der Waals surface area contributed by atoms with Gasteiger partial charge in [0.2, 0.25) is 0 Å². The highest BCUT2D eigenvalue weighted by atomic mass is 32.2. The Hall–Kier alpha value is -2.38. The highest BCUT2D eigenvalue weighted by molar-refractivity contribution is 8.26. The van der Waals surface area contributed by atoms with Crippen LogP contribution in [0.15, 0.2) is 47.5 Å². The molecule has 7 heteroatoms. The molecule has 2 aromatic rings. The second kappa shape index (κ2) is 6.39. The van der Waals surface area contributed by atoms with E-state index in [0.29, 0.717) is 14.8 Å². The van der Waals surface area contributed by atoms with E-state index in [1.165, 1.54) is 0 Å². The Balaban J connectivity index is 1.79. The molecule has 0 bridgehead atoms. The number of hydrazine groups is 1. The second-order valence-electron chi connectivity index (χ2n) is 4.90. The van der Waals surface area contributed by atoms with Crippen molar-refractivity contribution >= 4 is 46.2 Å². The Morgan fingerprint density at radius 3 is 2.78 bits per heavy atom. The summed E-state index contributed by atoms with van der Waals surface area (Å²) in [5.74, 6) is -0.697. The predicted octanol–water partition coefficient (Wildman–Crippen LogP) is 2.87. The maximum atomic E-state index is 12.4. The van der Waals surface area contributed by atoms with Crippen molar-refractivity contribution in [2.45, 2.75) is 6.92 Å². The lowest BCUT2D eigenvalue weighted by atomic mass is 10.1. The minimum absolute atomic E-state index is 0.301. The standard InChI is InChI=1S/C16H13N3O2S2/c1-10-5-2-3-7-12(10)14(20)18-19-15(21)13(23-16(19)22)9-11-6-4-8-17-11/h2-9,17H,1H3,(H,18,20)/b13-9+. The number of aromatic amines is 1. The lowest BCUT2D eigenvalue weighted by Crippen LogP contribution is -2.45. The monoisotopic (exact) mass is 343 g/mol. The minimum Gasteiger partial charge on any atom is -0.362 e. The number of H-pyrrole nitrogens is 1. The van der Waals surface area contributed by atoms with Crippen molar-refractivity contribution in [3.05, 3.63) is 64.3 Å². The van der Waals surface area contributed by atoms with Crippen LogP contribution in [0.3, 0.4) is 0 Å². The third-order valence-corrected chi connectivity index (χ3v) is 4.61. The van der Waals surface area contributed by atoms with Gasteiger partial charge in [0.15, 0.2) is 4.32 Å². The Kier molecular flexibility index (Phi) is 4.31. The molecular weight excluding hydrogens is 330 g/mol. The highest BCUT2D eigenvalue weighted by Gasteiger charge is 2.34. The van der Waals surface area contributed by atoms with Crippen molar-refractivity contribution < 1.29 is 9.59 Å². The van der Waals surface area contributed by atoms with E-state index in [1.807, 2.05) is 31.2 Å². The first-order valence-electron chi connectivity index (χ1n) is 6.84. The van der Waals surface area contributed by atoms with Crippen molar-refractivity contribution in [3.63, 3.8) is 0 Å². The maximum Gasteiger partial charge on any atom is 0.285 e. The number of aryl methyl sites for hydroxylation is 1.